The highest BCUT2D eigenvalue weighted by Gasteiger charge is 2.17. The third kappa shape index (κ3) is 3.77. The molecule has 0 bridgehead atoms. The van der Waals surface area contributed by atoms with Crippen molar-refractivity contribution in [1.29, 1.82) is 0 Å². The summed E-state index contributed by atoms with van der Waals surface area (Å²) in [6, 6.07) is 2.28. The van der Waals surface area contributed by atoms with Gasteiger partial charge in [-0.05, 0) is 28.5 Å². The molecule has 0 aliphatic carbocycles. The number of rotatable bonds is 5. The molecule has 0 fully saturated rings. The minimum atomic E-state index is -0.562. The van der Waals surface area contributed by atoms with Crippen LogP contribution in [0, 0.1) is 25.4 Å². The molecule has 17 heavy (non-hydrogen) atoms. The highest BCUT2D eigenvalue weighted by molar-refractivity contribution is 14.1. The third-order valence-electron chi connectivity index (χ3n) is 2.19. The van der Waals surface area contributed by atoms with Crippen LogP contribution >= 0.6 is 22.6 Å². The number of nitrogens with one attached hydrogen (secondary N) is 1. The van der Waals surface area contributed by atoms with Crippen molar-refractivity contribution in [2.75, 3.05) is 18.5 Å². The fourth-order valence-electron chi connectivity index (χ4n) is 1.18. The fourth-order valence-corrected chi connectivity index (χ4v) is 1.63. The van der Waals surface area contributed by atoms with E-state index in [4.69, 9.17) is 5.11 Å². The van der Waals surface area contributed by atoms with Crippen LogP contribution in [0.3, 0.4) is 0 Å². The minimum absolute atomic E-state index is 0.0341. The van der Waals surface area contributed by atoms with Crippen molar-refractivity contribution >= 4 is 34.0 Å². The van der Waals surface area contributed by atoms with Crippen molar-refractivity contribution in [3.8, 4) is 0 Å². The molecule has 1 aromatic carbocycles. The Morgan fingerprint density at radius 1 is 1.65 bits per heavy atom. The number of aliphatic hydroxyl groups is 1. The van der Waals surface area contributed by atoms with Gasteiger partial charge in [-0.2, -0.15) is 0 Å². The van der Waals surface area contributed by atoms with Gasteiger partial charge in [0.05, 0.1) is 8.49 Å². The van der Waals surface area contributed by atoms with E-state index in [1.165, 1.54) is 6.07 Å². The molecule has 0 spiro atoms. The quantitative estimate of drug-likeness (QED) is 0.484. The summed E-state index contributed by atoms with van der Waals surface area (Å²) in [5, 5.41) is 22.4. The normalized spacial score (nSPS) is 12.2. The molecule has 5 nitrogen and oxygen atoms in total. The van der Waals surface area contributed by atoms with Gasteiger partial charge in [0.15, 0.2) is 0 Å². The maximum atomic E-state index is 13.3. The van der Waals surface area contributed by atoms with Gasteiger partial charge >= 0.3 is 0 Å². The highest BCUT2D eigenvalue weighted by atomic mass is 127. The zero-order chi connectivity index (χ0) is 13.0. The number of benzene rings is 1. The number of nitro benzene ring substituents is 1. The molecule has 1 rings (SSSR count). The first-order chi connectivity index (χ1) is 7.95. The SMILES string of the molecule is CC(CO)CNc1cc(F)c(I)cc1[N+](=O)[O-]. The van der Waals surface area contributed by atoms with E-state index in [0.29, 0.717) is 6.54 Å². The van der Waals surface area contributed by atoms with E-state index >= 15 is 0 Å². The van der Waals surface area contributed by atoms with Gasteiger partial charge in [-0.3, -0.25) is 10.1 Å². The molecule has 0 aromatic heterocycles. The fraction of sp³-hybridized carbons (Fsp3) is 0.400. The smallest absolute Gasteiger partial charge is 0.293 e. The summed E-state index contributed by atoms with van der Waals surface area (Å²) in [5.41, 5.74) is -0.0332. The van der Waals surface area contributed by atoms with E-state index in [1.54, 1.807) is 29.5 Å². The Morgan fingerprint density at radius 3 is 2.82 bits per heavy atom. The summed E-state index contributed by atoms with van der Waals surface area (Å²) >= 11 is 1.70. The number of aliphatic hydroxyl groups excluding tert-OH is 1. The lowest BCUT2D eigenvalue weighted by Crippen LogP contribution is -2.15. The van der Waals surface area contributed by atoms with Crippen LogP contribution in [0.2, 0.25) is 0 Å². The molecule has 1 unspecified atom stereocenters. The van der Waals surface area contributed by atoms with Crippen LogP contribution in [-0.4, -0.2) is 23.2 Å². The lowest BCUT2D eigenvalue weighted by Gasteiger charge is -2.11. The van der Waals surface area contributed by atoms with Gasteiger partial charge in [-0.15, -0.1) is 0 Å². The van der Waals surface area contributed by atoms with Crippen LogP contribution < -0.4 is 5.32 Å². The molecule has 2 N–H and O–H groups in total. The number of nitrogens with zero attached hydrogens (tertiary/aromatic N) is 1. The molecule has 1 atom stereocenters. The summed E-state index contributed by atoms with van der Waals surface area (Å²) in [6.45, 7) is 2.09. The van der Waals surface area contributed by atoms with Crippen LogP contribution in [0.5, 0.6) is 0 Å². The highest BCUT2D eigenvalue weighted by Crippen LogP contribution is 2.28. The van der Waals surface area contributed by atoms with Gasteiger partial charge < -0.3 is 10.4 Å². The molecule has 0 saturated heterocycles. The minimum Gasteiger partial charge on any atom is -0.396 e. The second-order valence-electron chi connectivity index (χ2n) is 3.71. The molecular weight excluding hydrogens is 342 g/mol. The van der Waals surface area contributed by atoms with Gasteiger partial charge in [0.1, 0.15) is 11.5 Å². The van der Waals surface area contributed by atoms with Gasteiger partial charge in [0.2, 0.25) is 0 Å². The van der Waals surface area contributed by atoms with Crippen molar-refractivity contribution in [2.24, 2.45) is 5.92 Å². The first-order valence-electron chi connectivity index (χ1n) is 4.94. The molecule has 1 aromatic rings. The van der Waals surface area contributed by atoms with E-state index in [0.717, 1.165) is 6.07 Å². The molecular formula is C10H12FIN2O3. The predicted octanol–water partition coefficient (Wildman–Crippen LogP) is 2.38. The second-order valence-corrected chi connectivity index (χ2v) is 4.87. The van der Waals surface area contributed by atoms with Gasteiger partial charge in [-0.25, -0.2) is 4.39 Å². The Labute approximate surface area is 111 Å². The molecule has 0 radical (unpaired) electrons. The second kappa shape index (κ2) is 6.10. The Kier molecular flexibility index (Phi) is 5.06. The van der Waals surface area contributed by atoms with E-state index < -0.39 is 10.7 Å². The van der Waals surface area contributed by atoms with Crippen molar-refractivity contribution < 1.29 is 14.4 Å². The maximum Gasteiger partial charge on any atom is 0.293 e. The molecule has 7 heteroatoms. The van der Waals surface area contributed by atoms with Crippen molar-refractivity contribution in [3.63, 3.8) is 0 Å². The van der Waals surface area contributed by atoms with E-state index in [2.05, 4.69) is 5.32 Å². The van der Waals surface area contributed by atoms with Gasteiger partial charge in [0, 0.05) is 25.3 Å². The van der Waals surface area contributed by atoms with Crippen LogP contribution in [0.25, 0.3) is 0 Å². The summed E-state index contributed by atoms with van der Waals surface area (Å²) in [4.78, 5) is 10.2. The number of halogens is 2. The predicted molar refractivity (Wildman–Crippen MR) is 70.5 cm³/mol. The lowest BCUT2D eigenvalue weighted by atomic mass is 10.2. The Balaban J connectivity index is 2.96. The van der Waals surface area contributed by atoms with Crippen LogP contribution in [0.4, 0.5) is 15.8 Å². The van der Waals surface area contributed by atoms with Crippen LogP contribution in [0.15, 0.2) is 12.1 Å². The summed E-state index contributed by atoms with van der Waals surface area (Å²) < 4.78 is 13.5. The Hall–Kier alpha value is -0.960. The van der Waals surface area contributed by atoms with Crippen molar-refractivity contribution in [3.05, 3.63) is 31.6 Å². The van der Waals surface area contributed by atoms with E-state index in [1.807, 2.05) is 0 Å². The zero-order valence-electron chi connectivity index (χ0n) is 9.11. The molecule has 0 saturated carbocycles. The third-order valence-corrected chi connectivity index (χ3v) is 3.01. The Bertz CT molecular complexity index is 428. The van der Waals surface area contributed by atoms with Crippen molar-refractivity contribution in [2.45, 2.75) is 6.92 Å². The van der Waals surface area contributed by atoms with Crippen molar-refractivity contribution in [1.82, 2.24) is 0 Å². The maximum absolute atomic E-state index is 13.3. The van der Waals surface area contributed by atoms with E-state index in [9.17, 15) is 14.5 Å². The number of nitro groups is 1. The first-order valence-corrected chi connectivity index (χ1v) is 6.01. The standard InChI is InChI=1S/C10H12FIN2O3/c1-6(5-15)4-13-9-2-7(11)8(12)3-10(9)14(16)17/h2-3,6,13,15H,4-5H2,1H3. The number of anilines is 1. The molecule has 0 amide bonds. The molecule has 0 aliphatic rings. The zero-order valence-corrected chi connectivity index (χ0v) is 11.3. The number of hydrogen-bond acceptors (Lipinski definition) is 4. The lowest BCUT2D eigenvalue weighted by molar-refractivity contribution is -0.384. The molecule has 94 valence electrons. The van der Waals surface area contributed by atoms with E-state index in [-0.39, 0.29) is 27.5 Å². The Morgan fingerprint density at radius 2 is 2.29 bits per heavy atom. The van der Waals surface area contributed by atoms with Gasteiger partial charge in [0.25, 0.3) is 5.69 Å². The topological polar surface area (TPSA) is 75.4 Å². The molecule has 0 heterocycles. The summed E-state index contributed by atoms with van der Waals surface area (Å²) in [5.74, 6) is -0.563. The van der Waals surface area contributed by atoms with Crippen LogP contribution in [-0.2, 0) is 0 Å². The average molecular weight is 354 g/mol. The summed E-state index contributed by atoms with van der Waals surface area (Å²) in [7, 11) is 0. The number of hydrogen-bond donors (Lipinski definition) is 2. The largest absolute Gasteiger partial charge is 0.396 e. The average Bonchev–Trinajstić information content (AvgIpc) is 2.29. The first kappa shape index (κ1) is 14.1. The van der Waals surface area contributed by atoms with Gasteiger partial charge in [-0.1, -0.05) is 6.92 Å². The monoisotopic (exact) mass is 354 g/mol. The van der Waals surface area contributed by atoms with Crippen LogP contribution in [0.1, 0.15) is 6.92 Å². The summed E-state index contributed by atoms with van der Waals surface area (Å²) in [6.07, 6.45) is 0. The molecule has 0 aliphatic heterocycles.